The van der Waals surface area contributed by atoms with E-state index in [9.17, 15) is 9.18 Å². The fraction of sp³-hybridized carbons (Fsp3) is 0.312. The zero-order chi connectivity index (χ0) is 17.5. The average molecular weight is 369 g/mol. The average Bonchev–Trinajstić information content (AvgIpc) is 3.09. The predicted molar refractivity (Wildman–Crippen MR) is 88.9 cm³/mol. The molecule has 0 saturated carbocycles. The monoisotopic (exact) mass is 368 g/mol. The fourth-order valence-electron chi connectivity index (χ4n) is 1.98. The molecule has 0 unspecified atom stereocenters. The van der Waals surface area contributed by atoms with Crippen LogP contribution in [0.25, 0.3) is 10.1 Å². The minimum atomic E-state index is -0.614. The number of benzene rings is 1. The molecule has 0 saturated heterocycles. The van der Waals surface area contributed by atoms with Crippen LogP contribution in [0.5, 0.6) is 0 Å². The first-order valence-electron chi connectivity index (χ1n) is 7.13. The number of aromatic nitrogens is 2. The van der Waals surface area contributed by atoms with Gasteiger partial charge < -0.3 is 9.26 Å². The second-order valence-corrected chi connectivity index (χ2v) is 7.65. The lowest BCUT2D eigenvalue weighted by molar-refractivity contribution is 0.0436. The fourth-order valence-corrected chi connectivity index (χ4v) is 3.41. The number of hydrogen-bond donors (Lipinski definition) is 0. The maximum atomic E-state index is 13.3. The molecule has 8 heteroatoms. The molecule has 2 aromatic heterocycles. The Bertz CT molecular complexity index is 914. The number of halogens is 2. The van der Waals surface area contributed by atoms with E-state index in [4.69, 9.17) is 20.9 Å². The van der Waals surface area contributed by atoms with Gasteiger partial charge in [0.05, 0.1) is 5.02 Å². The van der Waals surface area contributed by atoms with Gasteiger partial charge in [0.2, 0.25) is 0 Å². The van der Waals surface area contributed by atoms with Gasteiger partial charge in [0.1, 0.15) is 10.7 Å². The van der Waals surface area contributed by atoms with E-state index in [1.165, 1.54) is 18.2 Å². The molecular weight excluding hydrogens is 355 g/mol. The van der Waals surface area contributed by atoms with Gasteiger partial charge in [-0.05, 0) is 18.2 Å². The van der Waals surface area contributed by atoms with E-state index in [0.717, 1.165) is 11.3 Å². The first kappa shape index (κ1) is 16.9. The van der Waals surface area contributed by atoms with Crippen molar-refractivity contribution in [1.29, 1.82) is 0 Å². The first-order chi connectivity index (χ1) is 11.3. The van der Waals surface area contributed by atoms with E-state index >= 15 is 0 Å². The summed E-state index contributed by atoms with van der Waals surface area (Å²) >= 11 is 7.26. The van der Waals surface area contributed by atoms with Gasteiger partial charge in [-0.3, -0.25) is 0 Å². The number of carbonyl (C=O) groups excluding carboxylic acids is 1. The Hall–Kier alpha value is -1.99. The molecular formula is C16H14ClFN2O3S. The van der Waals surface area contributed by atoms with Crippen LogP contribution in [0.3, 0.4) is 0 Å². The maximum Gasteiger partial charge on any atom is 0.350 e. The van der Waals surface area contributed by atoms with Gasteiger partial charge >= 0.3 is 5.97 Å². The Kier molecular flexibility index (Phi) is 4.31. The number of carbonyl (C=O) groups is 1. The Morgan fingerprint density at radius 1 is 1.42 bits per heavy atom. The van der Waals surface area contributed by atoms with Crippen molar-refractivity contribution in [3.05, 3.63) is 45.6 Å². The van der Waals surface area contributed by atoms with Gasteiger partial charge in [-0.1, -0.05) is 37.5 Å². The molecule has 0 spiro atoms. The van der Waals surface area contributed by atoms with E-state index in [0.29, 0.717) is 15.9 Å². The predicted octanol–water partition coefficient (Wildman–Crippen LogP) is 4.73. The van der Waals surface area contributed by atoms with Crippen molar-refractivity contribution in [1.82, 2.24) is 10.1 Å². The molecule has 2 heterocycles. The third-order valence-electron chi connectivity index (χ3n) is 3.24. The number of nitrogens with zero attached hydrogens (tertiary/aromatic N) is 2. The van der Waals surface area contributed by atoms with E-state index in [-0.39, 0.29) is 33.6 Å². The van der Waals surface area contributed by atoms with Crippen LogP contribution in [0.2, 0.25) is 5.02 Å². The molecule has 0 bridgehead atoms. The van der Waals surface area contributed by atoms with E-state index < -0.39 is 5.97 Å². The van der Waals surface area contributed by atoms with Crippen LogP contribution in [-0.4, -0.2) is 16.1 Å². The molecule has 0 aliphatic carbocycles. The molecule has 0 atom stereocenters. The van der Waals surface area contributed by atoms with Crippen molar-refractivity contribution in [2.45, 2.75) is 32.8 Å². The Morgan fingerprint density at radius 2 is 2.17 bits per heavy atom. The van der Waals surface area contributed by atoms with Crippen molar-refractivity contribution in [2.24, 2.45) is 0 Å². The highest BCUT2D eigenvalue weighted by Crippen LogP contribution is 2.36. The molecule has 0 aliphatic heterocycles. The molecule has 24 heavy (non-hydrogen) atoms. The van der Waals surface area contributed by atoms with Crippen LogP contribution in [0, 0.1) is 5.82 Å². The third-order valence-corrected chi connectivity index (χ3v) is 4.88. The highest BCUT2D eigenvalue weighted by Gasteiger charge is 2.23. The van der Waals surface area contributed by atoms with Crippen LogP contribution in [0.15, 0.2) is 22.7 Å². The molecule has 126 valence electrons. The molecule has 3 aromatic rings. The second-order valence-electron chi connectivity index (χ2n) is 6.22. The molecule has 1 aromatic carbocycles. The van der Waals surface area contributed by atoms with Gasteiger partial charge in [-0.15, -0.1) is 11.3 Å². The van der Waals surface area contributed by atoms with Crippen LogP contribution >= 0.6 is 22.9 Å². The smallest absolute Gasteiger partial charge is 0.350 e. The summed E-state index contributed by atoms with van der Waals surface area (Å²) < 4.78 is 24.1. The number of rotatable bonds is 3. The van der Waals surface area contributed by atoms with Crippen LogP contribution in [0.1, 0.15) is 42.2 Å². The lowest BCUT2D eigenvalue weighted by Gasteiger charge is -2.10. The molecule has 0 fully saturated rings. The van der Waals surface area contributed by atoms with Crippen molar-refractivity contribution < 1.29 is 18.4 Å². The summed E-state index contributed by atoms with van der Waals surface area (Å²) in [7, 11) is 0. The zero-order valence-electron chi connectivity index (χ0n) is 13.2. The quantitative estimate of drug-likeness (QED) is 0.625. The molecule has 0 radical (unpaired) electrons. The Morgan fingerprint density at radius 3 is 2.83 bits per heavy atom. The summed E-state index contributed by atoms with van der Waals surface area (Å²) in [6.07, 6.45) is 0. The lowest BCUT2D eigenvalue weighted by Crippen LogP contribution is -2.13. The number of hydrogen-bond acceptors (Lipinski definition) is 6. The summed E-state index contributed by atoms with van der Waals surface area (Å²) in [5.74, 6) is -0.265. The summed E-state index contributed by atoms with van der Waals surface area (Å²) in [6.45, 7) is 5.69. The van der Waals surface area contributed by atoms with E-state index in [2.05, 4.69) is 10.1 Å². The summed E-state index contributed by atoms with van der Waals surface area (Å²) in [5.41, 5.74) is -0.259. The second kappa shape index (κ2) is 6.14. The molecule has 5 nitrogen and oxygen atoms in total. The lowest BCUT2D eigenvalue weighted by atomic mass is 9.96. The van der Waals surface area contributed by atoms with Gasteiger partial charge in [0.25, 0.3) is 5.89 Å². The number of ether oxygens (including phenoxy) is 1. The largest absolute Gasteiger partial charge is 0.451 e. The highest BCUT2D eigenvalue weighted by molar-refractivity contribution is 7.21. The number of thiophene rings is 1. The topological polar surface area (TPSA) is 65.2 Å². The molecule has 0 N–H and O–H groups in total. The van der Waals surface area contributed by atoms with Crippen molar-refractivity contribution in [3.63, 3.8) is 0 Å². The maximum absolute atomic E-state index is 13.3. The van der Waals surface area contributed by atoms with E-state index in [1.807, 2.05) is 20.8 Å². The van der Waals surface area contributed by atoms with Crippen molar-refractivity contribution in [3.8, 4) is 0 Å². The van der Waals surface area contributed by atoms with Gasteiger partial charge in [0, 0.05) is 15.5 Å². The number of esters is 1. The first-order valence-corrected chi connectivity index (χ1v) is 8.33. The standard InChI is InChI=1S/C16H14ClFN2O3S/c1-16(2,3)15-19-11(23-20-15)7-22-14(21)13-12(17)9-5-4-8(18)6-10(9)24-13/h4-6H,7H2,1-3H3. The summed E-state index contributed by atoms with van der Waals surface area (Å²) in [5, 5.41) is 4.72. The van der Waals surface area contributed by atoms with Gasteiger partial charge in [-0.2, -0.15) is 4.98 Å². The minimum Gasteiger partial charge on any atom is -0.451 e. The normalized spacial score (nSPS) is 11.9. The SMILES string of the molecule is CC(C)(C)c1noc(COC(=O)c2sc3cc(F)ccc3c2Cl)n1. The van der Waals surface area contributed by atoms with E-state index in [1.54, 1.807) is 0 Å². The summed E-state index contributed by atoms with van der Waals surface area (Å²) in [6, 6.07) is 4.16. The van der Waals surface area contributed by atoms with Gasteiger partial charge in [0.15, 0.2) is 12.4 Å². The van der Waals surface area contributed by atoms with Crippen molar-refractivity contribution in [2.75, 3.05) is 0 Å². The minimum absolute atomic E-state index is 0.152. The zero-order valence-corrected chi connectivity index (χ0v) is 14.8. The van der Waals surface area contributed by atoms with Crippen LogP contribution in [-0.2, 0) is 16.8 Å². The molecule has 0 aliphatic rings. The highest BCUT2D eigenvalue weighted by atomic mass is 35.5. The Balaban J connectivity index is 1.76. The Labute approximate surface area is 146 Å². The summed E-state index contributed by atoms with van der Waals surface area (Å²) in [4.78, 5) is 16.6. The molecule has 0 amide bonds. The van der Waals surface area contributed by atoms with Crippen LogP contribution in [0.4, 0.5) is 4.39 Å². The number of fused-ring (bicyclic) bond motifs is 1. The van der Waals surface area contributed by atoms with Gasteiger partial charge in [-0.25, -0.2) is 9.18 Å². The third kappa shape index (κ3) is 3.27. The van der Waals surface area contributed by atoms with Crippen LogP contribution < -0.4 is 0 Å². The van der Waals surface area contributed by atoms with Crippen molar-refractivity contribution >= 4 is 39.0 Å². The molecule has 3 rings (SSSR count).